The van der Waals surface area contributed by atoms with Crippen LogP contribution in [0.4, 0.5) is 13.2 Å². The largest absolute Gasteiger partial charge is 0.441 e. The number of thioether (sulfide) groups is 1. The van der Waals surface area contributed by atoms with Gasteiger partial charge in [0.15, 0.2) is 0 Å². The Bertz CT molecular complexity index is 360. The van der Waals surface area contributed by atoms with E-state index in [0.29, 0.717) is 5.56 Å². The molecule has 5 heteroatoms. The van der Waals surface area contributed by atoms with Crippen molar-refractivity contribution in [1.82, 2.24) is 0 Å². The molecule has 0 radical (unpaired) electrons. The van der Waals surface area contributed by atoms with E-state index < -0.39 is 16.9 Å². The molecule has 0 fully saturated rings. The van der Waals surface area contributed by atoms with Crippen LogP contribution in [0, 0.1) is 6.92 Å². The van der Waals surface area contributed by atoms with Gasteiger partial charge in [0.2, 0.25) is 0 Å². The number of benzene rings is 1. The zero-order valence-corrected chi connectivity index (χ0v) is 9.82. The summed E-state index contributed by atoms with van der Waals surface area (Å²) in [6.07, 6.45) is 0. The van der Waals surface area contributed by atoms with Crippen molar-refractivity contribution >= 4 is 11.8 Å². The third-order valence-corrected chi connectivity index (χ3v) is 3.28. The molecule has 16 heavy (non-hydrogen) atoms. The van der Waals surface area contributed by atoms with Crippen molar-refractivity contribution in [3.05, 3.63) is 35.4 Å². The molecule has 1 atom stereocenters. The van der Waals surface area contributed by atoms with Crippen molar-refractivity contribution < 1.29 is 18.3 Å². The van der Waals surface area contributed by atoms with Crippen LogP contribution in [-0.4, -0.2) is 16.4 Å². The minimum atomic E-state index is -4.31. The fourth-order valence-electron chi connectivity index (χ4n) is 1.48. The molecule has 0 aromatic heterocycles. The molecule has 0 spiro atoms. The van der Waals surface area contributed by atoms with Gasteiger partial charge in [0.05, 0.1) is 5.60 Å². The van der Waals surface area contributed by atoms with Crippen molar-refractivity contribution in [2.45, 2.75) is 25.0 Å². The molecular formula is C11H13F3OS. The van der Waals surface area contributed by atoms with Crippen molar-refractivity contribution in [2.24, 2.45) is 0 Å². The highest BCUT2D eigenvalue weighted by Crippen LogP contribution is 2.36. The van der Waals surface area contributed by atoms with E-state index >= 15 is 0 Å². The zero-order valence-electron chi connectivity index (χ0n) is 9.01. The number of hydrogen-bond acceptors (Lipinski definition) is 2. The normalized spacial score (nSPS) is 15.9. The first kappa shape index (κ1) is 13.4. The molecule has 0 aliphatic heterocycles. The predicted octanol–water partition coefficient (Wildman–Crippen LogP) is 3.46. The molecule has 0 bridgehead atoms. The average Bonchev–Trinajstić information content (AvgIpc) is 2.14. The summed E-state index contributed by atoms with van der Waals surface area (Å²) in [5.41, 5.74) is -4.46. The highest BCUT2D eigenvalue weighted by Gasteiger charge is 2.34. The minimum absolute atomic E-state index is 0.206. The van der Waals surface area contributed by atoms with Gasteiger partial charge in [-0.3, -0.25) is 0 Å². The second kappa shape index (κ2) is 4.67. The molecule has 1 unspecified atom stereocenters. The Morgan fingerprint density at radius 3 is 2.31 bits per heavy atom. The summed E-state index contributed by atoms with van der Waals surface area (Å²) >= 11 is -0.206. The van der Waals surface area contributed by atoms with E-state index in [9.17, 15) is 18.3 Å². The van der Waals surface area contributed by atoms with Gasteiger partial charge in [0.25, 0.3) is 0 Å². The number of halogens is 3. The van der Waals surface area contributed by atoms with Crippen LogP contribution >= 0.6 is 11.8 Å². The number of aliphatic hydroxyl groups is 1. The number of hydrogen-bond donors (Lipinski definition) is 1. The molecule has 1 N–H and O–H groups in total. The van der Waals surface area contributed by atoms with E-state index in [4.69, 9.17) is 0 Å². The van der Waals surface area contributed by atoms with Crippen LogP contribution in [0.1, 0.15) is 18.1 Å². The summed E-state index contributed by atoms with van der Waals surface area (Å²) in [4.78, 5) is 0. The Labute approximate surface area is 96.7 Å². The molecule has 1 aromatic carbocycles. The molecule has 0 aliphatic carbocycles. The summed E-state index contributed by atoms with van der Waals surface area (Å²) in [6, 6.07) is 6.90. The number of aryl methyl sites for hydroxylation is 1. The quantitative estimate of drug-likeness (QED) is 0.886. The lowest BCUT2D eigenvalue weighted by Gasteiger charge is -2.25. The molecule has 0 saturated heterocycles. The van der Waals surface area contributed by atoms with Gasteiger partial charge in [-0.15, -0.1) is 0 Å². The molecule has 0 heterocycles. The van der Waals surface area contributed by atoms with Crippen LogP contribution in [0.25, 0.3) is 0 Å². The summed E-state index contributed by atoms with van der Waals surface area (Å²) < 4.78 is 36.2. The van der Waals surface area contributed by atoms with Crippen LogP contribution in [0.15, 0.2) is 24.3 Å². The van der Waals surface area contributed by atoms with Crippen molar-refractivity contribution in [3.8, 4) is 0 Å². The van der Waals surface area contributed by atoms with Gasteiger partial charge < -0.3 is 5.11 Å². The molecule has 0 saturated carbocycles. The third kappa shape index (κ3) is 3.72. The van der Waals surface area contributed by atoms with Gasteiger partial charge in [-0.05, 0) is 36.7 Å². The maximum absolute atomic E-state index is 12.1. The van der Waals surface area contributed by atoms with Gasteiger partial charge in [0.1, 0.15) is 0 Å². The minimum Gasteiger partial charge on any atom is -0.385 e. The van der Waals surface area contributed by atoms with Gasteiger partial charge in [-0.1, -0.05) is 24.3 Å². The maximum Gasteiger partial charge on any atom is 0.441 e. The fourth-order valence-corrected chi connectivity index (χ4v) is 2.08. The van der Waals surface area contributed by atoms with E-state index in [1.54, 1.807) is 31.2 Å². The van der Waals surface area contributed by atoms with Gasteiger partial charge in [0, 0.05) is 5.75 Å². The number of alkyl halides is 3. The van der Waals surface area contributed by atoms with E-state index in [-0.39, 0.29) is 11.8 Å². The SMILES string of the molecule is Cc1ccccc1C(C)(O)CSC(F)(F)F. The summed E-state index contributed by atoms with van der Waals surface area (Å²) in [6.45, 7) is 3.16. The Hall–Kier alpha value is -0.680. The van der Waals surface area contributed by atoms with E-state index in [1.165, 1.54) is 6.92 Å². The van der Waals surface area contributed by atoms with E-state index in [2.05, 4.69) is 0 Å². The van der Waals surface area contributed by atoms with Gasteiger partial charge in [-0.2, -0.15) is 13.2 Å². The molecule has 0 aliphatic rings. The second-order valence-electron chi connectivity index (χ2n) is 3.82. The first-order valence-corrected chi connectivity index (χ1v) is 5.70. The fraction of sp³-hybridized carbons (Fsp3) is 0.455. The summed E-state index contributed by atoms with van der Waals surface area (Å²) in [7, 11) is 0. The standard InChI is InChI=1S/C11H13F3OS/c1-8-5-3-4-6-9(8)10(2,15)7-16-11(12,13)14/h3-6,15H,7H2,1-2H3. The molecule has 1 nitrogen and oxygen atoms in total. The van der Waals surface area contributed by atoms with Crippen molar-refractivity contribution in [3.63, 3.8) is 0 Å². The Kier molecular flexibility index (Phi) is 3.91. The lowest BCUT2D eigenvalue weighted by molar-refractivity contribution is -0.0345. The smallest absolute Gasteiger partial charge is 0.385 e. The lowest BCUT2D eigenvalue weighted by atomic mass is 9.94. The Morgan fingerprint density at radius 2 is 1.81 bits per heavy atom. The monoisotopic (exact) mass is 250 g/mol. The summed E-state index contributed by atoms with van der Waals surface area (Å²) in [5, 5.41) is 10.0. The Balaban J connectivity index is 2.82. The topological polar surface area (TPSA) is 20.2 Å². The van der Waals surface area contributed by atoms with Crippen molar-refractivity contribution in [1.29, 1.82) is 0 Å². The number of rotatable bonds is 3. The maximum atomic E-state index is 12.1. The highest BCUT2D eigenvalue weighted by atomic mass is 32.2. The van der Waals surface area contributed by atoms with Crippen LogP contribution in [0.5, 0.6) is 0 Å². The van der Waals surface area contributed by atoms with Crippen LogP contribution in [0.2, 0.25) is 0 Å². The van der Waals surface area contributed by atoms with Crippen LogP contribution in [0.3, 0.4) is 0 Å². The van der Waals surface area contributed by atoms with Gasteiger partial charge >= 0.3 is 5.51 Å². The Morgan fingerprint density at radius 1 is 1.25 bits per heavy atom. The molecule has 1 aromatic rings. The second-order valence-corrected chi connectivity index (χ2v) is 4.86. The average molecular weight is 250 g/mol. The zero-order chi connectivity index (χ0) is 12.4. The van der Waals surface area contributed by atoms with E-state index in [1.807, 2.05) is 0 Å². The first-order chi connectivity index (χ1) is 7.22. The van der Waals surface area contributed by atoms with E-state index in [0.717, 1.165) is 5.56 Å². The summed E-state index contributed by atoms with van der Waals surface area (Å²) in [5.74, 6) is -0.401. The highest BCUT2D eigenvalue weighted by molar-refractivity contribution is 8.00. The third-order valence-electron chi connectivity index (χ3n) is 2.24. The van der Waals surface area contributed by atoms with Crippen molar-refractivity contribution in [2.75, 3.05) is 5.75 Å². The molecular weight excluding hydrogens is 237 g/mol. The first-order valence-electron chi connectivity index (χ1n) is 4.71. The lowest BCUT2D eigenvalue weighted by Crippen LogP contribution is -2.27. The van der Waals surface area contributed by atoms with Gasteiger partial charge in [-0.25, -0.2) is 0 Å². The predicted molar refractivity (Wildman–Crippen MR) is 59.3 cm³/mol. The molecule has 1 rings (SSSR count). The molecule has 90 valence electrons. The van der Waals surface area contributed by atoms with Crippen LogP contribution in [-0.2, 0) is 5.60 Å². The molecule has 0 amide bonds. The van der Waals surface area contributed by atoms with Crippen LogP contribution < -0.4 is 0 Å².